The van der Waals surface area contributed by atoms with E-state index in [9.17, 15) is 13.2 Å². The second kappa shape index (κ2) is 9.65. The van der Waals surface area contributed by atoms with E-state index in [1.54, 1.807) is 23.9 Å². The van der Waals surface area contributed by atoms with E-state index in [-0.39, 0.29) is 0 Å². The highest BCUT2D eigenvalue weighted by atomic mass is 32.2. The molecule has 3 aliphatic rings. The van der Waals surface area contributed by atoms with Crippen molar-refractivity contribution in [3.05, 3.63) is 54.0 Å². The van der Waals surface area contributed by atoms with Gasteiger partial charge in [0.2, 0.25) is 0 Å². The summed E-state index contributed by atoms with van der Waals surface area (Å²) in [4.78, 5) is 4.80. The van der Waals surface area contributed by atoms with Crippen molar-refractivity contribution in [2.45, 2.75) is 30.2 Å². The predicted molar refractivity (Wildman–Crippen MR) is 129 cm³/mol. The van der Waals surface area contributed by atoms with Crippen molar-refractivity contribution in [2.24, 2.45) is 13.0 Å². The van der Waals surface area contributed by atoms with E-state index in [0.29, 0.717) is 12.0 Å². The van der Waals surface area contributed by atoms with Gasteiger partial charge >= 0.3 is 6.18 Å². The molecule has 1 aromatic carbocycles. The van der Waals surface area contributed by atoms with Crippen LogP contribution in [-0.4, -0.2) is 64.2 Å². The molecule has 0 saturated carbocycles. The summed E-state index contributed by atoms with van der Waals surface area (Å²) in [5.74, 6) is 2.44. The molecule has 0 spiro atoms. The lowest BCUT2D eigenvalue weighted by Crippen LogP contribution is -2.35. The lowest BCUT2D eigenvalue weighted by molar-refractivity contribution is -0.137. The number of dihydropyridines is 1. The highest BCUT2D eigenvalue weighted by molar-refractivity contribution is 7.99. The van der Waals surface area contributed by atoms with Crippen LogP contribution >= 0.6 is 11.8 Å². The summed E-state index contributed by atoms with van der Waals surface area (Å²) in [6, 6.07) is 6.02. The Labute approximate surface area is 201 Å². The molecule has 5 rings (SSSR count). The Kier molecular flexibility index (Phi) is 6.61. The molecule has 0 radical (unpaired) electrons. The number of aromatic nitrogens is 3. The zero-order chi connectivity index (χ0) is 23.7. The number of thioether (sulfide) groups is 1. The number of alkyl halides is 3. The summed E-state index contributed by atoms with van der Waals surface area (Å²) in [5.41, 5.74) is 1.40. The van der Waals surface area contributed by atoms with Crippen molar-refractivity contribution in [1.29, 1.82) is 0 Å². The van der Waals surface area contributed by atoms with Crippen molar-refractivity contribution in [3.63, 3.8) is 0 Å². The normalized spacial score (nSPS) is 22.7. The van der Waals surface area contributed by atoms with Crippen molar-refractivity contribution in [2.75, 3.05) is 43.4 Å². The summed E-state index contributed by atoms with van der Waals surface area (Å²) in [7, 11) is 2.01. The number of nitrogens with one attached hydrogen (secondary N) is 1. The number of anilines is 1. The van der Waals surface area contributed by atoms with Gasteiger partial charge in [-0.2, -0.15) is 13.2 Å². The predicted octanol–water partition coefficient (Wildman–Crippen LogP) is 4.03. The van der Waals surface area contributed by atoms with Crippen LogP contribution in [0.5, 0.6) is 0 Å². The van der Waals surface area contributed by atoms with Gasteiger partial charge in [0.25, 0.3) is 0 Å². The Balaban J connectivity index is 1.10. The summed E-state index contributed by atoms with van der Waals surface area (Å²) >= 11 is 1.73. The van der Waals surface area contributed by atoms with Crippen LogP contribution in [0.25, 0.3) is 5.57 Å². The van der Waals surface area contributed by atoms with Crippen LogP contribution < -0.4 is 10.2 Å². The maximum absolute atomic E-state index is 12.9. The van der Waals surface area contributed by atoms with Gasteiger partial charge in [-0.25, -0.2) is 0 Å². The van der Waals surface area contributed by atoms with E-state index in [1.807, 2.05) is 23.9 Å². The van der Waals surface area contributed by atoms with E-state index >= 15 is 0 Å². The molecule has 0 aliphatic carbocycles. The minimum atomic E-state index is -4.29. The van der Waals surface area contributed by atoms with E-state index < -0.39 is 11.7 Å². The van der Waals surface area contributed by atoms with Gasteiger partial charge in [-0.15, -0.1) is 10.2 Å². The number of allylic oxidation sites excluding steroid dienone is 2. The average molecular weight is 491 g/mol. The number of benzene rings is 1. The van der Waals surface area contributed by atoms with Crippen LogP contribution in [0.1, 0.15) is 24.2 Å². The molecule has 0 amide bonds. The average Bonchev–Trinajstić information content (AvgIpc) is 3.51. The molecule has 2 unspecified atom stereocenters. The van der Waals surface area contributed by atoms with Crippen molar-refractivity contribution in [1.82, 2.24) is 25.0 Å². The summed E-state index contributed by atoms with van der Waals surface area (Å²) in [6.07, 6.45) is 3.91. The van der Waals surface area contributed by atoms with Gasteiger partial charge in [0.05, 0.1) is 5.56 Å². The number of hydrogen-bond donors (Lipinski definition) is 1. The number of nitrogens with zero attached hydrogens (tertiary/aromatic N) is 5. The molecule has 2 aromatic rings. The third-order valence-electron chi connectivity index (χ3n) is 6.91. The van der Waals surface area contributed by atoms with E-state index in [2.05, 4.69) is 31.4 Å². The zero-order valence-electron chi connectivity index (χ0n) is 19.1. The lowest BCUT2D eigenvalue weighted by Gasteiger charge is -2.27. The molecule has 34 heavy (non-hydrogen) atoms. The van der Waals surface area contributed by atoms with Crippen LogP contribution in [0.2, 0.25) is 0 Å². The largest absolute Gasteiger partial charge is 0.416 e. The fourth-order valence-corrected chi connectivity index (χ4v) is 5.99. The molecule has 3 aliphatic heterocycles. The van der Waals surface area contributed by atoms with Gasteiger partial charge in [0.15, 0.2) is 11.0 Å². The first kappa shape index (κ1) is 23.3. The first-order valence-corrected chi connectivity index (χ1v) is 12.7. The molecule has 6 nitrogen and oxygen atoms in total. The SMILES string of the molecule is Cn1c(SCCCN2CC3CCN(c4ccc(C(F)(F)F)cc4)C3C2)nnc1C1=CCNC=C1. The van der Waals surface area contributed by atoms with E-state index in [1.165, 1.54) is 12.1 Å². The van der Waals surface area contributed by atoms with E-state index in [0.717, 1.165) is 73.6 Å². The second-order valence-corrected chi connectivity index (χ2v) is 10.1. The van der Waals surface area contributed by atoms with Crippen LogP contribution in [0.15, 0.2) is 47.8 Å². The lowest BCUT2D eigenvalue weighted by atomic mass is 10.0. The summed E-state index contributed by atoms with van der Waals surface area (Å²) < 4.78 is 40.7. The number of halogens is 3. The first-order valence-electron chi connectivity index (χ1n) is 11.7. The fourth-order valence-electron chi connectivity index (χ4n) is 5.16. The Morgan fingerprint density at radius 1 is 1.15 bits per heavy atom. The Morgan fingerprint density at radius 2 is 1.97 bits per heavy atom. The molecular formula is C24H29F3N6S. The minimum Gasteiger partial charge on any atom is -0.387 e. The first-order chi connectivity index (χ1) is 16.4. The number of fused-ring (bicyclic) bond motifs is 1. The highest BCUT2D eigenvalue weighted by Gasteiger charge is 2.41. The minimum absolute atomic E-state index is 0.386. The smallest absolute Gasteiger partial charge is 0.387 e. The number of rotatable bonds is 7. The maximum Gasteiger partial charge on any atom is 0.416 e. The Bertz CT molecular complexity index is 1060. The topological polar surface area (TPSA) is 49.2 Å². The highest BCUT2D eigenvalue weighted by Crippen LogP contribution is 2.37. The molecule has 10 heteroatoms. The maximum atomic E-state index is 12.9. The molecule has 0 bridgehead atoms. The molecule has 1 aromatic heterocycles. The number of likely N-dealkylation sites (tertiary alicyclic amines) is 1. The monoisotopic (exact) mass is 490 g/mol. The molecule has 2 atom stereocenters. The van der Waals surface area contributed by atoms with Crippen molar-refractivity contribution in [3.8, 4) is 0 Å². The van der Waals surface area contributed by atoms with Gasteiger partial charge in [0, 0.05) is 56.3 Å². The molecule has 2 saturated heterocycles. The number of hydrogen-bond acceptors (Lipinski definition) is 6. The Hall–Kier alpha value is -2.46. The quantitative estimate of drug-likeness (QED) is 0.467. The third-order valence-corrected chi connectivity index (χ3v) is 8.02. The Morgan fingerprint density at radius 3 is 2.71 bits per heavy atom. The second-order valence-electron chi connectivity index (χ2n) is 9.08. The third kappa shape index (κ3) is 4.84. The van der Waals surface area contributed by atoms with Gasteiger partial charge in [0.1, 0.15) is 0 Å². The molecule has 182 valence electrons. The van der Waals surface area contributed by atoms with Gasteiger partial charge in [-0.1, -0.05) is 17.8 Å². The molecular weight excluding hydrogens is 461 g/mol. The van der Waals surface area contributed by atoms with Crippen molar-refractivity contribution >= 4 is 23.0 Å². The summed E-state index contributed by atoms with van der Waals surface area (Å²) in [5, 5.41) is 12.8. The van der Waals surface area contributed by atoms with Crippen LogP contribution in [0.4, 0.5) is 18.9 Å². The fraction of sp³-hybridized carbons (Fsp3) is 0.500. The zero-order valence-corrected chi connectivity index (χ0v) is 19.9. The van der Waals surface area contributed by atoms with Crippen molar-refractivity contribution < 1.29 is 13.2 Å². The van der Waals surface area contributed by atoms with Crippen LogP contribution in [0, 0.1) is 5.92 Å². The molecule has 1 N–H and O–H groups in total. The molecule has 2 fully saturated rings. The van der Waals surface area contributed by atoms with Gasteiger partial charge in [-0.3, -0.25) is 0 Å². The summed E-state index contributed by atoms with van der Waals surface area (Å²) in [6.45, 7) is 4.77. The standard InChI is InChI=1S/C24H29F3N6S/c1-31-22(17-7-10-28-11-8-17)29-30-23(31)34-14-2-12-32-15-18-9-13-33(21(18)16-32)20-5-3-19(4-6-20)24(25,26)27/h3-8,10,18,21,28H,2,9,11-16H2,1H3. The van der Waals surface area contributed by atoms with Gasteiger partial charge < -0.3 is 19.7 Å². The molecule has 4 heterocycles. The van der Waals surface area contributed by atoms with Gasteiger partial charge in [-0.05, 0) is 61.8 Å². The van der Waals surface area contributed by atoms with E-state index in [4.69, 9.17) is 0 Å². The van der Waals surface area contributed by atoms with Crippen LogP contribution in [0.3, 0.4) is 0 Å². The van der Waals surface area contributed by atoms with Crippen LogP contribution in [-0.2, 0) is 13.2 Å².